The summed E-state index contributed by atoms with van der Waals surface area (Å²) < 4.78 is 5.77. The number of thioether (sulfide) groups is 1. The van der Waals surface area contributed by atoms with Gasteiger partial charge >= 0.3 is 0 Å². The standard InChI is InChI=1S/C24H21N3O2S2/c1-17-7-9-19(10-8-17)23-26-27-24(31-23)25-22(28)18-11-13-20(14-12-18)29-15-16-30-21-5-3-2-4-6-21/h2-14H,15-16H2,1H3,(H,25,27,28). The molecule has 0 bridgehead atoms. The number of aryl methyl sites for hydroxylation is 1. The van der Waals surface area contributed by atoms with E-state index in [9.17, 15) is 4.79 Å². The molecule has 0 spiro atoms. The first-order valence-electron chi connectivity index (χ1n) is 9.80. The summed E-state index contributed by atoms with van der Waals surface area (Å²) in [5, 5.41) is 12.3. The highest BCUT2D eigenvalue weighted by Gasteiger charge is 2.11. The fourth-order valence-electron chi connectivity index (χ4n) is 2.79. The Morgan fingerprint density at radius 1 is 0.968 bits per heavy atom. The van der Waals surface area contributed by atoms with Crippen molar-refractivity contribution in [2.75, 3.05) is 17.7 Å². The summed E-state index contributed by atoms with van der Waals surface area (Å²) in [7, 11) is 0. The van der Waals surface area contributed by atoms with E-state index in [4.69, 9.17) is 4.74 Å². The van der Waals surface area contributed by atoms with Crippen LogP contribution >= 0.6 is 23.1 Å². The Balaban J connectivity index is 1.28. The van der Waals surface area contributed by atoms with E-state index in [1.807, 2.05) is 49.4 Å². The number of benzene rings is 3. The molecular formula is C24H21N3O2S2. The zero-order valence-electron chi connectivity index (χ0n) is 16.9. The second-order valence-corrected chi connectivity index (χ2v) is 8.91. The molecule has 4 aromatic rings. The van der Waals surface area contributed by atoms with Gasteiger partial charge in [-0.2, -0.15) is 0 Å². The molecule has 0 atom stereocenters. The van der Waals surface area contributed by atoms with Crippen LogP contribution in [0.4, 0.5) is 5.13 Å². The van der Waals surface area contributed by atoms with Crippen molar-refractivity contribution in [1.29, 1.82) is 0 Å². The monoisotopic (exact) mass is 447 g/mol. The molecule has 1 aromatic heterocycles. The first-order valence-corrected chi connectivity index (χ1v) is 11.6. The number of hydrogen-bond acceptors (Lipinski definition) is 6. The van der Waals surface area contributed by atoms with E-state index in [0.29, 0.717) is 17.3 Å². The van der Waals surface area contributed by atoms with Crippen LogP contribution in [0.2, 0.25) is 0 Å². The number of hydrogen-bond donors (Lipinski definition) is 1. The van der Waals surface area contributed by atoms with Crippen LogP contribution in [0.15, 0.2) is 83.8 Å². The Kier molecular flexibility index (Phi) is 6.96. The Morgan fingerprint density at radius 3 is 2.45 bits per heavy atom. The van der Waals surface area contributed by atoms with Gasteiger partial charge in [0.25, 0.3) is 5.91 Å². The van der Waals surface area contributed by atoms with Gasteiger partial charge in [0.15, 0.2) is 0 Å². The molecular weight excluding hydrogens is 426 g/mol. The maximum Gasteiger partial charge on any atom is 0.257 e. The number of aromatic nitrogens is 2. The molecule has 4 rings (SSSR count). The van der Waals surface area contributed by atoms with E-state index in [-0.39, 0.29) is 5.91 Å². The predicted octanol–water partition coefficient (Wildman–Crippen LogP) is 5.94. The molecule has 156 valence electrons. The van der Waals surface area contributed by atoms with Gasteiger partial charge < -0.3 is 4.74 Å². The maximum atomic E-state index is 12.5. The van der Waals surface area contributed by atoms with Crippen LogP contribution in [0.1, 0.15) is 15.9 Å². The molecule has 0 aliphatic carbocycles. The van der Waals surface area contributed by atoms with Crippen LogP contribution < -0.4 is 10.1 Å². The summed E-state index contributed by atoms with van der Waals surface area (Å²) >= 11 is 3.10. The molecule has 0 radical (unpaired) electrons. The lowest BCUT2D eigenvalue weighted by Crippen LogP contribution is -2.11. The van der Waals surface area contributed by atoms with Crippen LogP contribution in [-0.2, 0) is 0 Å². The first kappa shape index (κ1) is 21.1. The highest BCUT2D eigenvalue weighted by Crippen LogP contribution is 2.27. The number of nitrogens with one attached hydrogen (secondary N) is 1. The Morgan fingerprint density at radius 2 is 1.71 bits per heavy atom. The van der Waals surface area contributed by atoms with Crippen molar-refractivity contribution in [2.24, 2.45) is 0 Å². The van der Waals surface area contributed by atoms with Crippen LogP contribution in [-0.4, -0.2) is 28.5 Å². The highest BCUT2D eigenvalue weighted by atomic mass is 32.2. The number of carbonyl (C=O) groups is 1. The van der Waals surface area contributed by atoms with Crippen molar-refractivity contribution in [3.8, 4) is 16.3 Å². The zero-order chi connectivity index (χ0) is 21.5. The number of ether oxygens (including phenoxy) is 1. The van der Waals surface area contributed by atoms with Crippen LogP contribution in [0.3, 0.4) is 0 Å². The third-order valence-corrected chi connectivity index (χ3v) is 6.29. The van der Waals surface area contributed by atoms with Gasteiger partial charge in [-0.1, -0.05) is 59.4 Å². The third kappa shape index (κ3) is 5.93. The highest BCUT2D eigenvalue weighted by molar-refractivity contribution is 7.99. The Hall–Kier alpha value is -3.16. The molecule has 0 aliphatic rings. The number of amides is 1. The lowest BCUT2D eigenvalue weighted by atomic mass is 10.2. The van der Waals surface area contributed by atoms with Gasteiger partial charge in [0.2, 0.25) is 5.13 Å². The molecule has 1 amide bonds. The number of carbonyl (C=O) groups excluding carboxylic acids is 1. The average Bonchev–Trinajstić information content (AvgIpc) is 3.27. The van der Waals surface area contributed by atoms with Crippen molar-refractivity contribution in [2.45, 2.75) is 11.8 Å². The minimum Gasteiger partial charge on any atom is -0.493 e. The average molecular weight is 448 g/mol. The van der Waals surface area contributed by atoms with Crippen LogP contribution in [0.25, 0.3) is 10.6 Å². The summed E-state index contributed by atoms with van der Waals surface area (Å²) in [5.41, 5.74) is 2.71. The van der Waals surface area contributed by atoms with Crippen molar-refractivity contribution >= 4 is 34.1 Å². The predicted molar refractivity (Wildman–Crippen MR) is 127 cm³/mol. The van der Waals surface area contributed by atoms with Gasteiger partial charge in [-0.25, -0.2) is 0 Å². The van der Waals surface area contributed by atoms with Crippen molar-refractivity contribution in [3.05, 3.63) is 90.0 Å². The zero-order valence-corrected chi connectivity index (χ0v) is 18.6. The number of anilines is 1. The van der Waals surface area contributed by atoms with E-state index >= 15 is 0 Å². The summed E-state index contributed by atoms with van der Waals surface area (Å²) in [4.78, 5) is 13.7. The SMILES string of the molecule is Cc1ccc(-c2nnc(NC(=O)c3ccc(OCCSc4ccccc4)cc3)s2)cc1. The normalized spacial score (nSPS) is 10.6. The van der Waals surface area contributed by atoms with E-state index in [1.165, 1.54) is 21.8 Å². The molecule has 0 fully saturated rings. The van der Waals surface area contributed by atoms with Crippen molar-refractivity contribution in [3.63, 3.8) is 0 Å². The largest absolute Gasteiger partial charge is 0.493 e. The molecule has 0 aliphatic heterocycles. The maximum absolute atomic E-state index is 12.5. The molecule has 7 heteroatoms. The molecule has 1 N–H and O–H groups in total. The van der Waals surface area contributed by atoms with E-state index in [1.54, 1.807) is 36.0 Å². The quantitative estimate of drug-likeness (QED) is 0.268. The van der Waals surface area contributed by atoms with E-state index in [0.717, 1.165) is 22.1 Å². The summed E-state index contributed by atoms with van der Waals surface area (Å²) in [6, 6.07) is 25.4. The van der Waals surface area contributed by atoms with Crippen molar-refractivity contribution < 1.29 is 9.53 Å². The summed E-state index contributed by atoms with van der Waals surface area (Å²) in [6.07, 6.45) is 0. The molecule has 31 heavy (non-hydrogen) atoms. The summed E-state index contributed by atoms with van der Waals surface area (Å²) in [5.74, 6) is 1.37. The molecule has 0 unspecified atom stereocenters. The molecule has 0 saturated heterocycles. The Bertz CT molecular complexity index is 1130. The van der Waals surface area contributed by atoms with Gasteiger partial charge in [-0.3, -0.25) is 10.1 Å². The Labute approximate surface area is 189 Å². The van der Waals surface area contributed by atoms with Crippen LogP contribution in [0.5, 0.6) is 5.75 Å². The minimum absolute atomic E-state index is 0.224. The summed E-state index contributed by atoms with van der Waals surface area (Å²) in [6.45, 7) is 2.63. The molecule has 0 saturated carbocycles. The van der Waals surface area contributed by atoms with Crippen molar-refractivity contribution in [1.82, 2.24) is 10.2 Å². The molecule has 5 nitrogen and oxygen atoms in total. The second-order valence-electron chi connectivity index (χ2n) is 6.77. The third-order valence-electron chi connectivity index (χ3n) is 4.42. The minimum atomic E-state index is -0.224. The van der Waals surface area contributed by atoms with Crippen LogP contribution in [0, 0.1) is 6.92 Å². The second kappa shape index (κ2) is 10.2. The van der Waals surface area contributed by atoms with E-state index < -0.39 is 0 Å². The van der Waals surface area contributed by atoms with Gasteiger partial charge in [-0.05, 0) is 43.3 Å². The van der Waals surface area contributed by atoms with Gasteiger partial charge in [0.05, 0.1) is 6.61 Å². The van der Waals surface area contributed by atoms with Gasteiger partial charge in [0.1, 0.15) is 10.8 Å². The van der Waals surface area contributed by atoms with E-state index in [2.05, 4.69) is 27.6 Å². The topological polar surface area (TPSA) is 64.1 Å². The smallest absolute Gasteiger partial charge is 0.257 e. The lowest BCUT2D eigenvalue weighted by molar-refractivity contribution is 0.102. The lowest BCUT2D eigenvalue weighted by Gasteiger charge is -2.07. The molecule has 1 heterocycles. The number of nitrogens with zero attached hydrogens (tertiary/aromatic N) is 2. The van der Waals surface area contributed by atoms with Gasteiger partial charge in [-0.15, -0.1) is 22.0 Å². The fourth-order valence-corrected chi connectivity index (χ4v) is 4.29. The fraction of sp³-hybridized carbons (Fsp3) is 0.125. The molecule has 3 aromatic carbocycles. The number of rotatable bonds is 8. The first-order chi connectivity index (χ1) is 15.2. The van der Waals surface area contributed by atoms with Gasteiger partial charge in [0, 0.05) is 21.8 Å².